The van der Waals surface area contributed by atoms with Gasteiger partial charge in [0.15, 0.2) is 0 Å². The summed E-state index contributed by atoms with van der Waals surface area (Å²) in [7, 11) is -1.86. The normalized spacial score (nSPS) is 19.8. The number of pyridine rings is 1. The lowest BCUT2D eigenvalue weighted by atomic mass is 9.91. The quantitative estimate of drug-likeness (QED) is 0.766. The van der Waals surface area contributed by atoms with E-state index in [1.165, 1.54) is 5.56 Å². The molecule has 0 bridgehead atoms. The summed E-state index contributed by atoms with van der Waals surface area (Å²) in [5, 5.41) is 0. The van der Waals surface area contributed by atoms with Crippen LogP contribution in [0.5, 0.6) is 0 Å². The van der Waals surface area contributed by atoms with Gasteiger partial charge in [0, 0.05) is 19.9 Å². The molecule has 0 aliphatic heterocycles. The van der Waals surface area contributed by atoms with Crippen LogP contribution in [0.1, 0.15) is 50.9 Å². The largest absolute Gasteiger partial charge is 0.381 e. The molecule has 0 N–H and O–H groups in total. The molecule has 5 nitrogen and oxygen atoms in total. The maximum absolute atomic E-state index is 13.0. The summed E-state index contributed by atoms with van der Waals surface area (Å²) in [6.07, 6.45) is 4.24. The molecule has 0 saturated carbocycles. The number of sulfonamides is 1. The third-order valence-corrected chi connectivity index (χ3v) is 6.27. The molecule has 1 aliphatic rings. The van der Waals surface area contributed by atoms with E-state index in [2.05, 4.69) is 11.1 Å². The number of hydrogen-bond acceptors (Lipinski definition) is 4. The van der Waals surface area contributed by atoms with E-state index in [-0.39, 0.29) is 23.8 Å². The van der Waals surface area contributed by atoms with E-state index < -0.39 is 10.0 Å². The molecule has 130 valence electrons. The Kier molecular flexibility index (Phi) is 6.17. The van der Waals surface area contributed by atoms with Crippen molar-refractivity contribution >= 4 is 10.0 Å². The molecule has 0 fully saturated rings. The molecule has 0 saturated heterocycles. The summed E-state index contributed by atoms with van der Waals surface area (Å²) < 4.78 is 32.8. The standard InChI is InChI=1S/C17H28N2O3S/c1-13(2)11-19(23(20,21)12-14(3)22-4)16-9-5-7-15-8-6-10-18-17(15)16/h6,8,10,13-14,16H,5,7,9,11-12H2,1-4H3. The minimum absolute atomic E-state index is 0.00882. The van der Waals surface area contributed by atoms with Gasteiger partial charge >= 0.3 is 0 Å². The highest BCUT2D eigenvalue weighted by atomic mass is 32.2. The second kappa shape index (κ2) is 7.73. The Hall–Kier alpha value is -0.980. The molecule has 1 heterocycles. The van der Waals surface area contributed by atoms with Gasteiger partial charge in [0.2, 0.25) is 10.0 Å². The third-order valence-electron chi connectivity index (χ3n) is 4.26. The van der Waals surface area contributed by atoms with Crippen LogP contribution in [0.25, 0.3) is 0 Å². The van der Waals surface area contributed by atoms with Gasteiger partial charge in [0.1, 0.15) is 0 Å². The highest BCUT2D eigenvalue weighted by molar-refractivity contribution is 7.89. The van der Waals surface area contributed by atoms with Gasteiger partial charge in [0.05, 0.1) is 23.6 Å². The van der Waals surface area contributed by atoms with Crippen molar-refractivity contribution in [3.63, 3.8) is 0 Å². The number of fused-ring (bicyclic) bond motifs is 1. The first-order valence-corrected chi connectivity index (χ1v) is 9.92. The first-order valence-electron chi connectivity index (χ1n) is 8.31. The Labute approximate surface area is 140 Å². The van der Waals surface area contributed by atoms with Crippen molar-refractivity contribution < 1.29 is 13.2 Å². The Morgan fingerprint density at radius 3 is 2.78 bits per heavy atom. The van der Waals surface area contributed by atoms with E-state index in [1.807, 2.05) is 19.9 Å². The van der Waals surface area contributed by atoms with Crippen LogP contribution in [0.3, 0.4) is 0 Å². The zero-order valence-electron chi connectivity index (χ0n) is 14.5. The van der Waals surface area contributed by atoms with Gasteiger partial charge in [-0.1, -0.05) is 19.9 Å². The van der Waals surface area contributed by atoms with Crippen LogP contribution < -0.4 is 0 Å². The van der Waals surface area contributed by atoms with E-state index in [4.69, 9.17) is 4.74 Å². The number of ether oxygens (including phenoxy) is 1. The molecule has 6 heteroatoms. The molecule has 0 aromatic carbocycles. The molecule has 0 radical (unpaired) electrons. The molecule has 0 amide bonds. The topological polar surface area (TPSA) is 59.5 Å². The minimum Gasteiger partial charge on any atom is -0.381 e. The van der Waals surface area contributed by atoms with Crippen LogP contribution in [0.4, 0.5) is 0 Å². The van der Waals surface area contributed by atoms with Crippen LogP contribution >= 0.6 is 0 Å². The van der Waals surface area contributed by atoms with E-state index >= 15 is 0 Å². The van der Waals surface area contributed by atoms with Crippen LogP contribution in [0.15, 0.2) is 18.3 Å². The van der Waals surface area contributed by atoms with Crippen LogP contribution in [-0.4, -0.2) is 43.2 Å². The Morgan fingerprint density at radius 1 is 1.39 bits per heavy atom. The second-order valence-electron chi connectivity index (χ2n) is 6.74. The Bertz CT molecular complexity index is 616. The minimum atomic E-state index is -3.40. The van der Waals surface area contributed by atoms with Gasteiger partial charge in [-0.3, -0.25) is 4.98 Å². The van der Waals surface area contributed by atoms with Crippen molar-refractivity contribution in [2.45, 2.75) is 52.2 Å². The molecule has 1 aromatic rings. The van der Waals surface area contributed by atoms with Gasteiger partial charge in [-0.25, -0.2) is 8.42 Å². The predicted molar refractivity (Wildman–Crippen MR) is 91.7 cm³/mol. The predicted octanol–water partition coefficient (Wildman–Crippen LogP) is 2.78. The molecule has 0 spiro atoms. The van der Waals surface area contributed by atoms with Gasteiger partial charge in [-0.15, -0.1) is 0 Å². The molecule has 2 atom stereocenters. The van der Waals surface area contributed by atoms with Gasteiger partial charge in [-0.2, -0.15) is 4.31 Å². The number of hydrogen-bond donors (Lipinski definition) is 0. The van der Waals surface area contributed by atoms with Crippen LogP contribution in [-0.2, 0) is 21.2 Å². The molecule has 23 heavy (non-hydrogen) atoms. The monoisotopic (exact) mass is 340 g/mol. The van der Waals surface area contributed by atoms with Crippen molar-refractivity contribution in [3.8, 4) is 0 Å². The van der Waals surface area contributed by atoms with E-state index in [0.29, 0.717) is 6.54 Å². The van der Waals surface area contributed by atoms with Crippen LogP contribution in [0, 0.1) is 5.92 Å². The van der Waals surface area contributed by atoms with Gasteiger partial charge in [-0.05, 0) is 43.7 Å². The lowest BCUT2D eigenvalue weighted by Gasteiger charge is -2.35. The second-order valence-corrected chi connectivity index (χ2v) is 8.71. The number of aryl methyl sites for hydroxylation is 1. The zero-order valence-corrected chi connectivity index (χ0v) is 15.3. The van der Waals surface area contributed by atoms with E-state index in [9.17, 15) is 8.42 Å². The fraction of sp³-hybridized carbons (Fsp3) is 0.706. The third kappa shape index (κ3) is 4.52. The molecule has 1 aliphatic carbocycles. The average molecular weight is 340 g/mol. The van der Waals surface area contributed by atoms with Crippen molar-refractivity contribution in [2.75, 3.05) is 19.4 Å². The van der Waals surface area contributed by atoms with E-state index in [0.717, 1.165) is 25.0 Å². The summed E-state index contributed by atoms with van der Waals surface area (Å²) in [5.74, 6) is 0.270. The zero-order chi connectivity index (χ0) is 17.0. The molecule has 2 unspecified atom stereocenters. The fourth-order valence-corrected chi connectivity index (χ4v) is 5.16. The highest BCUT2D eigenvalue weighted by Crippen LogP contribution is 2.35. The first-order chi connectivity index (χ1) is 10.8. The number of aromatic nitrogens is 1. The highest BCUT2D eigenvalue weighted by Gasteiger charge is 2.35. The fourth-order valence-electron chi connectivity index (χ4n) is 3.12. The Balaban J connectivity index is 2.36. The lowest BCUT2D eigenvalue weighted by Crippen LogP contribution is -2.42. The van der Waals surface area contributed by atoms with Crippen molar-refractivity contribution in [2.24, 2.45) is 5.92 Å². The van der Waals surface area contributed by atoms with Gasteiger partial charge in [0.25, 0.3) is 0 Å². The number of nitrogens with zero attached hydrogens (tertiary/aromatic N) is 2. The summed E-state index contributed by atoms with van der Waals surface area (Å²) in [6, 6.07) is 3.83. The molecule has 2 rings (SSSR count). The van der Waals surface area contributed by atoms with Crippen molar-refractivity contribution in [1.29, 1.82) is 0 Å². The smallest absolute Gasteiger partial charge is 0.217 e. The maximum Gasteiger partial charge on any atom is 0.217 e. The Morgan fingerprint density at radius 2 is 2.13 bits per heavy atom. The lowest BCUT2D eigenvalue weighted by molar-refractivity contribution is 0.133. The van der Waals surface area contributed by atoms with E-state index in [1.54, 1.807) is 24.5 Å². The summed E-state index contributed by atoms with van der Waals surface area (Å²) in [4.78, 5) is 4.50. The molecule has 1 aromatic heterocycles. The summed E-state index contributed by atoms with van der Waals surface area (Å²) in [5.41, 5.74) is 2.10. The van der Waals surface area contributed by atoms with Crippen molar-refractivity contribution in [1.82, 2.24) is 9.29 Å². The number of methoxy groups -OCH3 is 1. The maximum atomic E-state index is 13.0. The molecular weight excluding hydrogens is 312 g/mol. The summed E-state index contributed by atoms with van der Waals surface area (Å²) >= 11 is 0. The number of rotatable bonds is 7. The van der Waals surface area contributed by atoms with Gasteiger partial charge < -0.3 is 4.74 Å². The van der Waals surface area contributed by atoms with Crippen molar-refractivity contribution in [3.05, 3.63) is 29.6 Å². The average Bonchev–Trinajstić information content (AvgIpc) is 2.51. The SMILES string of the molecule is COC(C)CS(=O)(=O)N(CC(C)C)C1CCCc2cccnc21. The molecular formula is C17H28N2O3S. The van der Waals surface area contributed by atoms with Crippen LogP contribution in [0.2, 0.25) is 0 Å². The first kappa shape index (κ1) is 18.4. The summed E-state index contributed by atoms with van der Waals surface area (Å²) in [6.45, 7) is 6.40.